The first-order chi connectivity index (χ1) is 5.99. The van der Waals surface area contributed by atoms with E-state index in [-0.39, 0.29) is 6.54 Å². The van der Waals surface area contributed by atoms with Crippen molar-refractivity contribution >= 4 is 0 Å². The molecule has 0 radical (unpaired) electrons. The molecule has 13 heavy (non-hydrogen) atoms. The third-order valence-electron chi connectivity index (χ3n) is 3.06. The van der Waals surface area contributed by atoms with Gasteiger partial charge < -0.3 is 10.6 Å². The van der Waals surface area contributed by atoms with Gasteiger partial charge in [0.2, 0.25) is 0 Å². The Labute approximate surface area is 77.1 Å². The van der Waals surface area contributed by atoms with Crippen LogP contribution in [0, 0.1) is 5.41 Å². The highest BCUT2D eigenvalue weighted by Gasteiger charge is 2.48. The van der Waals surface area contributed by atoms with Gasteiger partial charge in [0.25, 0.3) is 5.92 Å². The van der Waals surface area contributed by atoms with Gasteiger partial charge in [0.05, 0.1) is 6.54 Å². The average molecular weight is 190 g/mol. The molecule has 0 amide bonds. The van der Waals surface area contributed by atoms with Gasteiger partial charge in [-0.25, -0.2) is 8.78 Å². The maximum atomic E-state index is 12.5. The van der Waals surface area contributed by atoms with Gasteiger partial charge >= 0.3 is 0 Å². The van der Waals surface area contributed by atoms with Gasteiger partial charge in [0, 0.05) is 26.1 Å². The molecule has 76 valence electrons. The smallest absolute Gasteiger partial charge is 0.257 e. The summed E-state index contributed by atoms with van der Waals surface area (Å²) in [5.41, 5.74) is 0.473. The summed E-state index contributed by atoms with van der Waals surface area (Å²) in [6.07, 6.45) is 2.13. The van der Waals surface area contributed by atoms with E-state index in [0.717, 1.165) is 32.9 Å². The first kappa shape index (κ1) is 9.34. The van der Waals surface area contributed by atoms with Crippen LogP contribution >= 0.6 is 0 Å². The molecule has 1 aliphatic heterocycles. The molecule has 1 saturated carbocycles. The second kappa shape index (κ2) is 2.89. The van der Waals surface area contributed by atoms with Crippen molar-refractivity contribution in [3.8, 4) is 0 Å². The Bertz CT molecular complexity index is 188. The van der Waals surface area contributed by atoms with Crippen LogP contribution in [0.5, 0.6) is 0 Å². The van der Waals surface area contributed by atoms with Gasteiger partial charge in [-0.3, -0.25) is 0 Å². The minimum Gasteiger partial charge on any atom is -0.316 e. The fraction of sp³-hybridized carbons (Fsp3) is 1.00. The number of rotatable bonds is 3. The van der Waals surface area contributed by atoms with Crippen molar-refractivity contribution in [2.75, 3.05) is 19.6 Å². The van der Waals surface area contributed by atoms with E-state index in [9.17, 15) is 8.78 Å². The second-order valence-corrected chi connectivity index (χ2v) is 4.66. The van der Waals surface area contributed by atoms with Crippen LogP contribution in [0.25, 0.3) is 0 Å². The molecule has 0 atom stereocenters. The van der Waals surface area contributed by atoms with Gasteiger partial charge in [0.15, 0.2) is 0 Å². The molecular weight excluding hydrogens is 174 g/mol. The van der Waals surface area contributed by atoms with Crippen molar-refractivity contribution < 1.29 is 8.78 Å². The Hall–Kier alpha value is -0.220. The van der Waals surface area contributed by atoms with Crippen LogP contribution < -0.4 is 10.6 Å². The highest BCUT2D eigenvalue weighted by Crippen LogP contribution is 2.44. The summed E-state index contributed by atoms with van der Waals surface area (Å²) < 4.78 is 24.9. The van der Waals surface area contributed by atoms with Gasteiger partial charge in [-0.1, -0.05) is 0 Å². The summed E-state index contributed by atoms with van der Waals surface area (Å²) in [4.78, 5) is 0. The Morgan fingerprint density at radius 3 is 2.46 bits per heavy atom. The molecule has 0 aromatic carbocycles. The molecule has 1 spiro atoms. The molecule has 2 rings (SSSR count). The maximum absolute atomic E-state index is 12.5. The van der Waals surface area contributed by atoms with Crippen LogP contribution in [0.2, 0.25) is 0 Å². The molecule has 0 unspecified atom stereocenters. The monoisotopic (exact) mass is 190 g/mol. The molecule has 2 nitrogen and oxygen atoms in total. The minimum atomic E-state index is -2.57. The first-order valence-electron chi connectivity index (χ1n) is 4.81. The summed E-state index contributed by atoms with van der Waals surface area (Å²) >= 11 is 0. The van der Waals surface area contributed by atoms with Gasteiger partial charge in [-0.15, -0.1) is 0 Å². The molecule has 2 aliphatic rings. The fourth-order valence-electron chi connectivity index (χ4n) is 2.22. The molecule has 1 saturated heterocycles. The molecule has 0 bridgehead atoms. The molecule has 0 aromatic heterocycles. The van der Waals surface area contributed by atoms with Crippen LogP contribution in [-0.4, -0.2) is 31.6 Å². The summed E-state index contributed by atoms with van der Waals surface area (Å²) in [7, 11) is 0. The zero-order valence-corrected chi connectivity index (χ0v) is 7.87. The fourth-order valence-corrected chi connectivity index (χ4v) is 2.22. The lowest BCUT2D eigenvalue weighted by molar-refractivity contribution is -0.0124. The summed E-state index contributed by atoms with van der Waals surface area (Å²) in [5.74, 6) is -2.57. The van der Waals surface area contributed by atoms with Crippen molar-refractivity contribution in [1.82, 2.24) is 10.6 Å². The van der Waals surface area contributed by atoms with Crippen LogP contribution in [0.15, 0.2) is 0 Å². The zero-order chi connectivity index (χ0) is 9.53. The SMILES string of the molecule is CC(F)(F)CNC1CC2(CNC2)C1. The third kappa shape index (κ3) is 1.99. The number of halogens is 2. The van der Waals surface area contributed by atoms with E-state index in [4.69, 9.17) is 0 Å². The number of nitrogens with one attached hydrogen (secondary N) is 2. The summed E-state index contributed by atoms with van der Waals surface area (Å²) in [6.45, 7) is 2.93. The molecule has 2 fully saturated rings. The quantitative estimate of drug-likeness (QED) is 0.693. The second-order valence-electron chi connectivity index (χ2n) is 4.66. The van der Waals surface area contributed by atoms with Gasteiger partial charge in [-0.05, 0) is 18.3 Å². The van der Waals surface area contributed by atoms with Crippen LogP contribution in [0.3, 0.4) is 0 Å². The number of hydrogen-bond acceptors (Lipinski definition) is 2. The van der Waals surface area contributed by atoms with E-state index in [1.54, 1.807) is 0 Å². The molecule has 1 heterocycles. The van der Waals surface area contributed by atoms with E-state index >= 15 is 0 Å². The molecule has 1 aliphatic carbocycles. The summed E-state index contributed by atoms with van der Waals surface area (Å²) in [5, 5.41) is 6.13. The Morgan fingerprint density at radius 1 is 1.46 bits per heavy atom. The molecular formula is C9H16F2N2. The van der Waals surface area contributed by atoms with Gasteiger partial charge in [-0.2, -0.15) is 0 Å². The molecule has 2 N–H and O–H groups in total. The molecule has 0 aromatic rings. The van der Waals surface area contributed by atoms with Crippen molar-refractivity contribution in [3.63, 3.8) is 0 Å². The Balaban J connectivity index is 1.64. The first-order valence-corrected chi connectivity index (χ1v) is 4.81. The Kier molecular flexibility index (Phi) is 2.07. The lowest BCUT2D eigenvalue weighted by atomic mass is 9.61. The van der Waals surface area contributed by atoms with Crippen LogP contribution in [-0.2, 0) is 0 Å². The van der Waals surface area contributed by atoms with Crippen molar-refractivity contribution in [3.05, 3.63) is 0 Å². The van der Waals surface area contributed by atoms with E-state index in [2.05, 4.69) is 10.6 Å². The maximum Gasteiger partial charge on any atom is 0.257 e. The topological polar surface area (TPSA) is 24.1 Å². The normalized spacial score (nSPS) is 27.0. The van der Waals surface area contributed by atoms with Crippen LogP contribution in [0.1, 0.15) is 19.8 Å². The lowest BCUT2D eigenvalue weighted by Gasteiger charge is -2.54. The lowest BCUT2D eigenvalue weighted by Crippen LogP contribution is -2.65. The van der Waals surface area contributed by atoms with Crippen molar-refractivity contribution in [2.45, 2.75) is 31.7 Å². The van der Waals surface area contributed by atoms with Crippen molar-refractivity contribution in [1.29, 1.82) is 0 Å². The van der Waals surface area contributed by atoms with Crippen molar-refractivity contribution in [2.24, 2.45) is 5.41 Å². The van der Waals surface area contributed by atoms with E-state index in [1.807, 2.05) is 0 Å². The predicted molar refractivity (Wildman–Crippen MR) is 46.9 cm³/mol. The van der Waals surface area contributed by atoms with E-state index in [1.165, 1.54) is 0 Å². The predicted octanol–water partition coefficient (Wildman–Crippen LogP) is 0.983. The standard InChI is InChI=1S/C9H16F2N2/c1-8(10,11)4-13-7-2-9(3-7)5-12-6-9/h7,12-13H,2-6H2,1H3. The average Bonchev–Trinajstić information content (AvgIpc) is 1.77. The highest BCUT2D eigenvalue weighted by molar-refractivity contribution is 5.05. The largest absolute Gasteiger partial charge is 0.316 e. The Morgan fingerprint density at radius 2 is 2.08 bits per heavy atom. The zero-order valence-electron chi connectivity index (χ0n) is 7.87. The summed E-state index contributed by atoms with van der Waals surface area (Å²) in [6, 6.07) is 0.327. The van der Waals surface area contributed by atoms with Gasteiger partial charge in [0.1, 0.15) is 0 Å². The highest BCUT2D eigenvalue weighted by atomic mass is 19.3. The van der Waals surface area contributed by atoms with E-state index < -0.39 is 5.92 Å². The number of hydrogen-bond donors (Lipinski definition) is 2. The molecule has 4 heteroatoms. The number of alkyl halides is 2. The minimum absolute atomic E-state index is 0.179. The van der Waals surface area contributed by atoms with E-state index in [0.29, 0.717) is 11.5 Å². The van der Waals surface area contributed by atoms with Crippen LogP contribution in [0.4, 0.5) is 8.78 Å². The third-order valence-corrected chi connectivity index (χ3v) is 3.06.